The summed E-state index contributed by atoms with van der Waals surface area (Å²) in [4.78, 5) is 10.8. The molecule has 0 aliphatic carbocycles. The number of carbonyl (C=O) groups is 1. The first-order valence-electron chi connectivity index (χ1n) is 6.28. The van der Waals surface area contributed by atoms with Crippen LogP contribution in [0.1, 0.15) is 25.8 Å². The average Bonchev–Trinajstić information content (AvgIpc) is 2.42. The highest BCUT2D eigenvalue weighted by atomic mass is 16.5. The first kappa shape index (κ1) is 16.4. The quantitative estimate of drug-likeness (QED) is 0.602. The molecule has 0 saturated heterocycles. The Bertz CT molecular complexity index is 340. The molecule has 102 valence electrons. The zero-order valence-electron chi connectivity index (χ0n) is 11.4. The number of benzene rings is 1. The van der Waals surface area contributed by atoms with Gasteiger partial charge >= 0.3 is 5.97 Å². The van der Waals surface area contributed by atoms with E-state index in [1.54, 1.807) is 12.1 Å². The molecule has 0 atom stereocenters. The second-order valence-electron chi connectivity index (χ2n) is 3.49. The number of nitrogens with one attached hydrogen (secondary N) is 1. The molecular formula is C14H23NO3. The van der Waals surface area contributed by atoms with Crippen molar-refractivity contribution in [3.63, 3.8) is 0 Å². The van der Waals surface area contributed by atoms with E-state index in [4.69, 9.17) is 0 Å². The lowest BCUT2D eigenvalue weighted by molar-refractivity contribution is -0.139. The normalized spacial score (nSPS) is 9.28. The Balaban J connectivity index is 0.00000137. The Labute approximate surface area is 109 Å². The van der Waals surface area contributed by atoms with E-state index in [-0.39, 0.29) is 12.5 Å². The molecule has 2 N–H and O–H groups in total. The van der Waals surface area contributed by atoms with Crippen molar-refractivity contribution in [2.75, 3.05) is 20.2 Å². The fourth-order valence-corrected chi connectivity index (χ4v) is 1.39. The van der Waals surface area contributed by atoms with Gasteiger partial charge in [-0.2, -0.15) is 0 Å². The van der Waals surface area contributed by atoms with Gasteiger partial charge in [0, 0.05) is 0 Å². The van der Waals surface area contributed by atoms with Gasteiger partial charge in [-0.1, -0.05) is 32.0 Å². The van der Waals surface area contributed by atoms with E-state index >= 15 is 0 Å². The topological polar surface area (TPSA) is 58.6 Å². The molecule has 0 amide bonds. The lowest BCUT2D eigenvalue weighted by atomic mass is 10.1. The summed E-state index contributed by atoms with van der Waals surface area (Å²) in [5, 5.41) is 12.5. The molecule has 0 unspecified atom stereocenters. The number of hydrogen-bond acceptors (Lipinski definition) is 4. The predicted octanol–water partition coefficient (Wildman–Crippen LogP) is 2.11. The van der Waals surface area contributed by atoms with E-state index in [1.165, 1.54) is 7.11 Å². The molecule has 1 aromatic rings. The molecule has 0 aliphatic heterocycles. The van der Waals surface area contributed by atoms with Crippen LogP contribution in [-0.2, 0) is 16.0 Å². The molecule has 1 aromatic carbocycles. The van der Waals surface area contributed by atoms with E-state index < -0.39 is 0 Å². The smallest absolute Gasteiger partial charge is 0.319 e. The van der Waals surface area contributed by atoms with Crippen molar-refractivity contribution in [2.45, 2.75) is 26.7 Å². The fraction of sp³-hybridized carbons (Fsp3) is 0.500. The van der Waals surface area contributed by atoms with Crippen LogP contribution in [0.4, 0.5) is 0 Å². The van der Waals surface area contributed by atoms with Gasteiger partial charge in [0.25, 0.3) is 0 Å². The molecule has 0 aromatic heterocycles. The van der Waals surface area contributed by atoms with Gasteiger partial charge in [0.05, 0.1) is 13.7 Å². The number of aryl methyl sites for hydroxylation is 1. The van der Waals surface area contributed by atoms with E-state index in [0.717, 1.165) is 24.9 Å². The zero-order valence-corrected chi connectivity index (χ0v) is 11.4. The van der Waals surface area contributed by atoms with Crippen LogP contribution >= 0.6 is 0 Å². The van der Waals surface area contributed by atoms with Crippen molar-refractivity contribution in [3.8, 4) is 5.75 Å². The minimum atomic E-state index is -0.262. The molecule has 18 heavy (non-hydrogen) atoms. The van der Waals surface area contributed by atoms with Gasteiger partial charge in [-0.15, -0.1) is 0 Å². The number of hydrogen-bond donors (Lipinski definition) is 2. The van der Waals surface area contributed by atoms with Crippen molar-refractivity contribution in [1.29, 1.82) is 0 Å². The van der Waals surface area contributed by atoms with Crippen LogP contribution in [0.2, 0.25) is 0 Å². The summed E-state index contributed by atoms with van der Waals surface area (Å²) in [5.74, 6) is 0.0676. The number of para-hydroxylation sites is 1. The van der Waals surface area contributed by atoms with Gasteiger partial charge in [0.2, 0.25) is 0 Å². The number of aromatic hydroxyl groups is 1. The zero-order chi connectivity index (χ0) is 13.8. The Morgan fingerprint density at radius 1 is 1.33 bits per heavy atom. The summed E-state index contributed by atoms with van der Waals surface area (Å²) in [6.45, 7) is 4.96. The number of phenolic OH excluding ortho intramolecular Hbond substituents is 1. The largest absolute Gasteiger partial charge is 0.508 e. The molecule has 0 fully saturated rings. The van der Waals surface area contributed by atoms with Crippen LogP contribution in [0, 0.1) is 0 Å². The predicted molar refractivity (Wildman–Crippen MR) is 72.7 cm³/mol. The highest BCUT2D eigenvalue weighted by molar-refractivity contribution is 5.71. The van der Waals surface area contributed by atoms with Crippen LogP contribution in [0.25, 0.3) is 0 Å². The first-order valence-corrected chi connectivity index (χ1v) is 6.28. The summed E-state index contributed by atoms with van der Waals surface area (Å²) in [6.07, 6.45) is 1.66. The number of esters is 1. The molecule has 0 aliphatic rings. The standard InChI is InChI=1S/C12H17NO3.C2H6/c1-16-12(15)9-13-8-4-6-10-5-2-3-7-11(10)14;1-2/h2-3,5,7,13-14H,4,6,8-9H2,1H3;1-2H3. The summed E-state index contributed by atoms with van der Waals surface area (Å²) >= 11 is 0. The minimum Gasteiger partial charge on any atom is -0.508 e. The van der Waals surface area contributed by atoms with Gasteiger partial charge in [-0.05, 0) is 31.0 Å². The Hall–Kier alpha value is -1.55. The fourth-order valence-electron chi connectivity index (χ4n) is 1.39. The van der Waals surface area contributed by atoms with Crippen molar-refractivity contribution in [1.82, 2.24) is 5.32 Å². The third-order valence-electron chi connectivity index (χ3n) is 2.29. The molecular weight excluding hydrogens is 230 g/mol. The van der Waals surface area contributed by atoms with Crippen LogP contribution in [-0.4, -0.2) is 31.3 Å². The van der Waals surface area contributed by atoms with E-state index in [2.05, 4.69) is 10.1 Å². The number of carbonyl (C=O) groups excluding carboxylic acids is 1. The van der Waals surface area contributed by atoms with Crippen molar-refractivity contribution < 1.29 is 14.6 Å². The Morgan fingerprint density at radius 2 is 2.00 bits per heavy atom. The monoisotopic (exact) mass is 253 g/mol. The van der Waals surface area contributed by atoms with Crippen molar-refractivity contribution >= 4 is 5.97 Å². The van der Waals surface area contributed by atoms with Gasteiger partial charge < -0.3 is 15.2 Å². The van der Waals surface area contributed by atoms with Crippen LogP contribution < -0.4 is 5.32 Å². The summed E-state index contributed by atoms with van der Waals surface area (Å²) in [7, 11) is 1.37. The maximum Gasteiger partial charge on any atom is 0.319 e. The maximum absolute atomic E-state index is 10.8. The first-order chi connectivity index (χ1) is 8.74. The summed E-state index contributed by atoms with van der Waals surface area (Å²) < 4.78 is 4.49. The average molecular weight is 253 g/mol. The van der Waals surface area contributed by atoms with Gasteiger partial charge in [-0.25, -0.2) is 0 Å². The lowest BCUT2D eigenvalue weighted by Crippen LogP contribution is -2.25. The molecule has 0 saturated carbocycles. The van der Waals surface area contributed by atoms with Gasteiger partial charge in [-0.3, -0.25) is 4.79 Å². The second kappa shape index (κ2) is 10.6. The maximum atomic E-state index is 10.8. The Kier molecular flexibility index (Phi) is 9.68. The van der Waals surface area contributed by atoms with Crippen LogP contribution in [0.3, 0.4) is 0 Å². The molecule has 0 bridgehead atoms. The number of rotatable bonds is 6. The molecule has 0 radical (unpaired) electrons. The third kappa shape index (κ3) is 6.91. The Morgan fingerprint density at radius 3 is 2.61 bits per heavy atom. The summed E-state index contributed by atoms with van der Waals surface area (Å²) in [5.41, 5.74) is 0.933. The SMILES string of the molecule is CC.COC(=O)CNCCCc1ccccc1O. The van der Waals surface area contributed by atoms with E-state index in [1.807, 2.05) is 26.0 Å². The number of ether oxygens (including phenoxy) is 1. The van der Waals surface area contributed by atoms with E-state index in [0.29, 0.717) is 5.75 Å². The number of phenols is 1. The highest BCUT2D eigenvalue weighted by Crippen LogP contribution is 2.16. The van der Waals surface area contributed by atoms with Crippen LogP contribution in [0.5, 0.6) is 5.75 Å². The van der Waals surface area contributed by atoms with Gasteiger partial charge in [0.15, 0.2) is 0 Å². The van der Waals surface area contributed by atoms with Crippen LogP contribution in [0.15, 0.2) is 24.3 Å². The van der Waals surface area contributed by atoms with Gasteiger partial charge in [0.1, 0.15) is 5.75 Å². The lowest BCUT2D eigenvalue weighted by Gasteiger charge is -2.05. The third-order valence-corrected chi connectivity index (χ3v) is 2.29. The summed E-state index contributed by atoms with van der Waals surface area (Å²) in [6, 6.07) is 7.28. The molecule has 0 spiro atoms. The highest BCUT2D eigenvalue weighted by Gasteiger charge is 2.00. The molecule has 0 heterocycles. The molecule has 4 heteroatoms. The number of methoxy groups -OCH3 is 1. The molecule has 4 nitrogen and oxygen atoms in total. The van der Waals surface area contributed by atoms with Crippen molar-refractivity contribution in [2.24, 2.45) is 0 Å². The minimum absolute atomic E-state index is 0.233. The second-order valence-corrected chi connectivity index (χ2v) is 3.49. The van der Waals surface area contributed by atoms with E-state index in [9.17, 15) is 9.90 Å². The molecule has 1 rings (SSSR count). The van der Waals surface area contributed by atoms with Crippen molar-refractivity contribution in [3.05, 3.63) is 29.8 Å².